The quantitative estimate of drug-likeness (QED) is 0.791. The van der Waals surface area contributed by atoms with Gasteiger partial charge in [0.2, 0.25) is 0 Å². The molecular formula is C21H27N5. The fourth-order valence-electron chi connectivity index (χ4n) is 3.76. The third-order valence-electron chi connectivity index (χ3n) is 5.21. The normalized spacial score (nSPS) is 17.5. The predicted molar refractivity (Wildman–Crippen MR) is 106 cm³/mol. The highest BCUT2D eigenvalue weighted by Gasteiger charge is 2.17. The molecule has 5 heteroatoms. The Bertz CT molecular complexity index is 825. The first-order chi connectivity index (χ1) is 12.9. The Hall–Kier alpha value is -2.40. The molecule has 0 atom stereocenters. The Balaban J connectivity index is 1.22. The second-order valence-corrected chi connectivity index (χ2v) is 6.92. The van der Waals surface area contributed by atoms with Crippen molar-refractivity contribution in [2.45, 2.75) is 12.8 Å². The van der Waals surface area contributed by atoms with Crippen molar-refractivity contribution in [3.05, 3.63) is 59.2 Å². The van der Waals surface area contributed by atoms with Gasteiger partial charge in [0.05, 0.1) is 5.36 Å². The summed E-state index contributed by atoms with van der Waals surface area (Å²) in [5.41, 5.74) is 1.36. The predicted octanol–water partition coefficient (Wildman–Crippen LogP) is 1.01. The minimum atomic E-state index is 0.898. The molecule has 0 aliphatic carbocycles. The number of hydrogen-bond acceptors (Lipinski definition) is 5. The van der Waals surface area contributed by atoms with Crippen molar-refractivity contribution in [1.82, 2.24) is 15.2 Å². The Morgan fingerprint density at radius 3 is 2.65 bits per heavy atom. The van der Waals surface area contributed by atoms with E-state index in [0.717, 1.165) is 63.4 Å². The molecule has 1 fully saturated rings. The van der Waals surface area contributed by atoms with Crippen LogP contribution in [-0.4, -0.2) is 55.7 Å². The Kier molecular flexibility index (Phi) is 5.45. The maximum absolute atomic E-state index is 4.60. The third kappa shape index (κ3) is 4.05. The van der Waals surface area contributed by atoms with Crippen LogP contribution in [0.2, 0.25) is 0 Å². The van der Waals surface area contributed by atoms with E-state index in [1.807, 2.05) is 12.3 Å². The lowest BCUT2D eigenvalue weighted by molar-refractivity contribution is 0.254. The highest BCUT2D eigenvalue weighted by atomic mass is 15.3. The Labute approximate surface area is 155 Å². The first-order valence-electron chi connectivity index (χ1n) is 9.65. The molecule has 0 saturated carbocycles. The molecule has 1 aromatic carbocycles. The van der Waals surface area contributed by atoms with Gasteiger partial charge in [0.15, 0.2) is 0 Å². The van der Waals surface area contributed by atoms with E-state index in [1.54, 1.807) is 0 Å². The van der Waals surface area contributed by atoms with Crippen molar-refractivity contribution in [3.63, 3.8) is 0 Å². The first kappa shape index (κ1) is 17.0. The van der Waals surface area contributed by atoms with Crippen LogP contribution < -0.4 is 20.8 Å². The average molecular weight is 349 g/mol. The summed E-state index contributed by atoms with van der Waals surface area (Å²) in [6.07, 6.45) is 4.08. The zero-order chi connectivity index (χ0) is 17.6. The first-order valence-corrected chi connectivity index (χ1v) is 9.65. The number of fused-ring (bicyclic) bond motifs is 1. The van der Waals surface area contributed by atoms with Gasteiger partial charge in [-0.3, -0.25) is 9.89 Å². The van der Waals surface area contributed by atoms with E-state index in [2.05, 4.69) is 61.5 Å². The van der Waals surface area contributed by atoms with Gasteiger partial charge in [0.1, 0.15) is 5.82 Å². The van der Waals surface area contributed by atoms with Gasteiger partial charge in [-0.15, -0.1) is 0 Å². The van der Waals surface area contributed by atoms with Crippen LogP contribution in [0.4, 0.5) is 5.82 Å². The molecule has 1 N–H and O–H groups in total. The van der Waals surface area contributed by atoms with Crippen LogP contribution in [0, 0.1) is 0 Å². The molecule has 2 aliphatic rings. The van der Waals surface area contributed by atoms with Gasteiger partial charge < -0.3 is 10.2 Å². The number of benzene rings is 1. The number of nitrogens with zero attached hydrogens (tertiary/aromatic N) is 4. The summed E-state index contributed by atoms with van der Waals surface area (Å²) >= 11 is 0. The summed E-state index contributed by atoms with van der Waals surface area (Å²) in [4.78, 5) is 14.0. The van der Waals surface area contributed by atoms with Crippen LogP contribution in [0.5, 0.6) is 0 Å². The van der Waals surface area contributed by atoms with Crippen LogP contribution in [-0.2, 0) is 0 Å². The summed E-state index contributed by atoms with van der Waals surface area (Å²) in [6.45, 7) is 7.46. The lowest BCUT2D eigenvalue weighted by Crippen LogP contribution is -2.47. The number of hydrogen-bond donors (Lipinski definition) is 1. The summed E-state index contributed by atoms with van der Waals surface area (Å²) in [5, 5.41) is 6.07. The van der Waals surface area contributed by atoms with E-state index in [0.29, 0.717) is 0 Å². The zero-order valence-corrected chi connectivity index (χ0v) is 15.3. The molecule has 0 amide bonds. The maximum atomic E-state index is 4.60. The number of pyridine rings is 1. The van der Waals surface area contributed by atoms with Crippen molar-refractivity contribution in [2.75, 3.05) is 50.7 Å². The molecule has 136 valence electrons. The number of rotatable bonds is 6. The standard InChI is InChI=1S/C21H27N5/c1-2-7-19-18(6-1)20(9-12-23-19)22-11-5-13-25-14-16-26(17-15-25)21-8-3-4-10-24-21/h1-4,6-8,10,22H,5,9,11-17H2. The molecule has 2 aromatic rings. The summed E-state index contributed by atoms with van der Waals surface area (Å²) in [5.74, 6) is 1.10. The van der Waals surface area contributed by atoms with Crippen LogP contribution in [0.15, 0.2) is 53.7 Å². The minimum absolute atomic E-state index is 0.898. The van der Waals surface area contributed by atoms with Crippen molar-refractivity contribution in [1.29, 1.82) is 0 Å². The number of aromatic nitrogens is 1. The monoisotopic (exact) mass is 349 g/mol. The zero-order valence-electron chi connectivity index (χ0n) is 15.3. The van der Waals surface area contributed by atoms with Gasteiger partial charge in [0.25, 0.3) is 0 Å². The smallest absolute Gasteiger partial charge is 0.128 e. The van der Waals surface area contributed by atoms with Gasteiger partial charge in [-0.2, -0.15) is 0 Å². The molecule has 1 aromatic heterocycles. The van der Waals surface area contributed by atoms with E-state index in [-0.39, 0.29) is 0 Å². The molecule has 2 aliphatic heterocycles. The van der Waals surface area contributed by atoms with E-state index in [9.17, 15) is 0 Å². The molecule has 0 spiro atoms. The summed E-state index contributed by atoms with van der Waals surface area (Å²) in [7, 11) is 0. The van der Waals surface area contributed by atoms with Crippen LogP contribution in [0.3, 0.4) is 0 Å². The number of anilines is 1. The molecule has 0 unspecified atom stereocenters. The second-order valence-electron chi connectivity index (χ2n) is 6.92. The van der Waals surface area contributed by atoms with Gasteiger partial charge in [0, 0.05) is 62.8 Å². The lowest BCUT2D eigenvalue weighted by Gasteiger charge is -2.35. The van der Waals surface area contributed by atoms with Crippen LogP contribution in [0.1, 0.15) is 12.8 Å². The molecule has 5 nitrogen and oxygen atoms in total. The summed E-state index contributed by atoms with van der Waals surface area (Å²) < 4.78 is 0. The van der Waals surface area contributed by atoms with Crippen LogP contribution in [0.25, 0.3) is 5.70 Å². The number of nitrogens with one attached hydrogen (secondary N) is 1. The van der Waals surface area contributed by atoms with Crippen molar-refractivity contribution in [3.8, 4) is 0 Å². The van der Waals surface area contributed by atoms with E-state index < -0.39 is 0 Å². The molecule has 0 bridgehead atoms. The largest absolute Gasteiger partial charge is 0.388 e. The molecule has 0 radical (unpaired) electrons. The van der Waals surface area contributed by atoms with Crippen LogP contribution >= 0.6 is 0 Å². The third-order valence-corrected chi connectivity index (χ3v) is 5.21. The number of para-hydroxylation sites is 1. The molecule has 3 heterocycles. The molecular weight excluding hydrogens is 322 g/mol. The summed E-state index contributed by atoms with van der Waals surface area (Å²) in [6, 6.07) is 14.6. The average Bonchev–Trinajstić information content (AvgIpc) is 2.72. The van der Waals surface area contributed by atoms with Gasteiger partial charge in [-0.1, -0.05) is 24.3 Å². The molecule has 26 heavy (non-hydrogen) atoms. The van der Waals surface area contributed by atoms with Crippen molar-refractivity contribution in [2.24, 2.45) is 4.99 Å². The maximum Gasteiger partial charge on any atom is 0.128 e. The van der Waals surface area contributed by atoms with Crippen molar-refractivity contribution >= 4 is 11.5 Å². The Morgan fingerprint density at radius 2 is 1.81 bits per heavy atom. The van der Waals surface area contributed by atoms with Crippen molar-refractivity contribution < 1.29 is 0 Å². The van der Waals surface area contributed by atoms with Gasteiger partial charge >= 0.3 is 0 Å². The Morgan fingerprint density at radius 1 is 0.962 bits per heavy atom. The van der Waals surface area contributed by atoms with E-state index in [1.165, 1.54) is 17.3 Å². The minimum Gasteiger partial charge on any atom is -0.388 e. The fraction of sp³-hybridized carbons (Fsp3) is 0.429. The highest BCUT2D eigenvalue weighted by molar-refractivity contribution is 5.43. The van der Waals surface area contributed by atoms with Gasteiger partial charge in [-0.05, 0) is 31.2 Å². The topological polar surface area (TPSA) is 43.8 Å². The fourth-order valence-corrected chi connectivity index (χ4v) is 3.76. The SMILES string of the molecule is c1ccc(N2CCN(CCCNC3=c4ccccc4=NCC3)CC2)nc1. The number of piperazine rings is 1. The second kappa shape index (κ2) is 8.32. The molecule has 1 saturated heterocycles. The lowest BCUT2D eigenvalue weighted by atomic mass is 10.1. The van der Waals surface area contributed by atoms with E-state index in [4.69, 9.17) is 0 Å². The van der Waals surface area contributed by atoms with Gasteiger partial charge in [-0.25, -0.2) is 4.98 Å². The highest BCUT2D eigenvalue weighted by Crippen LogP contribution is 2.12. The molecule has 4 rings (SSSR count). The van der Waals surface area contributed by atoms with E-state index >= 15 is 0 Å².